The molecule has 1 atom stereocenters. The number of benzene rings is 1. The van der Waals surface area contributed by atoms with E-state index in [0.29, 0.717) is 0 Å². The maximum atomic E-state index is 12.6. The maximum Gasteiger partial charge on any atom is 0.410 e. The van der Waals surface area contributed by atoms with Crippen molar-refractivity contribution in [2.75, 3.05) is 6.54 Å². The van der Waals surface area contributed by atoms with E-state index < -0.39 is 5.60 Å². The fourth-order valence-corrected chi connectivity index (χ4v) is 3.33. The van der Waals surface area contributed by atoms with E-state index in [9.17, 15) is 4.79 Å². The van der Waals surface area contributed by atoms with Gasteiger partial charge in [-0.2, -0.15) is 5.10 Å². The van der Waals surface area contributed by atoms with Gasteiger partial charge in [0.05, 0.1) is 17.4 Å². The fraction of sp³-hybridized carbons (Fsp3) is 0.500. The molecular formula is C20H27N3O2. The second-order valence-electron chi connectivity index (χ2n) is 7.67. The van der Waals surface area contributed by atoms with Gasteiger partial charge in [-0.3, -0.25) is 4.90 Å². The molecule has 0 aliphatic carbocycles. The van der Waals surface area contributed by atoms with Crippen LogP contribution in [-0.4, -0.2) is 32.9 Å². The summed E-state index contributed by atoms with van der Waals surface area (Å²) < 4.78 is 7.56. The van der Waals surface area contributed by atoms with Gasteiger partial charge < -0.3 is 4.74 Å². The average Bonchev–Trinajstić information content (AvgIpc) is 3.13. The number of amides is 1. The molecule has 0 saturated carbocycles. The largest absolute Gasteiger partial charge is 0.444 e. The van der Waals surface area contributed by atoms with Gasteiger partial charge in [-0.25, -0.2) is 9.48 Å². The van der Waals surface area contributed by atoms with Gasteiger partial charge in [0.1, 0.15) is 5.60 Å². The Morgan fingerprint density at radius 2 is 1.88 bits per heavy atom. The van der Waals surface area contributed by atoms with Crippen LogP contribution in [0.4, 0.5) is 4.79 Å². The van der Waals surface area contributed by atoms with Crippen LogP contribution >= 0.6 is 0 Å². The second kappa shape index (κ2) is 6.54. The van der Waals surface area contributed by atoms with E-state index in [4.69, 9.17) is 9.84 Å². The normalized spacial score (nSPS) is 17.8. The van der Waals surface area contributed by atoms with Gasteiger partial charge >= 0.3 is 6.09 Å². The van der Waals surface area contributed by atoms with Gasteiger partial charge in [0.25, 0.3) is 0 Å². The molecule has 0 bridgehead atoms. The van der Waals surface area contributed by atoms with Crippen molar-refractivity contribution in [2.45, 2.75) is 59.1 Å². The number of nitrogens with zero attached hydrogens (tertiary/aromatic N) is 3. The predicted molar refractivity (Wildman–Crippen MR) is 98.0 cm³/mol. The number of para-hydroxylation sites is 1. The average molecular weight is 341 g/mol. The Balaban J connectivity index is 1.92. The van der Waals surface area contributed by atoms with Crippen LogP contribution in [0.5, 0.6) is 0 Å². The third-order valence-electron chi connectivity index (χ3n) is 4.65. The van der Waals surface area contributed by atoms with Crippen LogP contribution < -0.4 is 0 Å². The van der Waals surface area contributed by atoms with Crippen LogP contribution in [0.25, 0.3) is 5.69 Å². The molecule has 1 aromatic carbocycles. The standard InChI is InChI=1S/C20H27N3O2/c1-14-15(2)23(16-10-7-6-8-11-16)21-18(14)17-12-9-13-22(17)19(24)25-20(3,4)5/h6-8,10-11,17H,9,12-13H2,1-5H3. The van der Waals surface area contributed by atoms with Crippen molar-refractivity contribution in [3.8, 4) is 5.69 Å². The van der Waals surface area contributed by atoms with Gasteiger partial charge in [-0.1, -0.05) is 18.2 Å². The van der Waals surface area contributed by atoms with E-state index >= 15 is 0 Å². The highest BCUT2D eigenvalue weighted by Gasteiger charge is 2.36. The third kappa shape index (κ3) is 3.55. The molecule has 25 heavy (non-hydrogen) atoms. The molecule has 1 aliphatic heterocycles. The zero-order valence-electron chi connectivity index (χ0n) is 15.7. The number of hydrogen-bond donors (Lipinski definition) is 0. The van der Waals surface area contributed by atoms with Crippen molar-refractivity contribution in [3.05, 3.63) is 47.3 Å². The Kier molecular flexibility index (Phi) is 4.58. The van der Waals surface area contributed by atoms with Crippen LogP contribution in [-0.2, 0) is 4.74 Å². The highest BCUT2D eigenvalue weighted by Crippen LogP contribution is 2.35. The number of rotatable bonds is 2. The monoisotopic (exact) mass is 341 g/mol. The molecule has 3 rings (SSSR count). The molecule has 5 nitrogen and oxygen atoms in total. The Morgan fingerprint density at radius 1 is 1.20 bits per heavy atom. The molecule has 1 amide bonds. The van der Waals surface area contributed by atoms with E-state index in [1.807, 2.05) is 60.7 Å². The van der Waals surface area contributed by atoms with E-state index in [1.54, 1.807) is 0 Å². The van der Waals surface area contributed by atoms with Crippen molar-refractivity contribution in [1.29, 1.82) is 0 Å². The van der Waals surface area contributed by atoms with Gasteiger partial charge in [0.15, 0.2) is 0 Å². The van der Waals surface area contributed by atoms with Gasteiger partial charge in [-0.05, 0) is 65.2 Å². The summed E-state index contributed by atoms with van der Waals surface area (Å²) in [6, 6.07) is 10.1. The first-order valence-corrected chi connectivity index (χ1v) is 8.89. The Morgan fingerprint density at radius 3 is 2.52 bits per heavy atom. The summed E-state index contributed by atoms with van der Waals surface area (Å²) in [6.07, 6.45) is 1.65. The third-order valence-corrected chi connectivity index (χ3v) is 4.65. The topological polar surface area (TPSA) is 47.4 Å². The molecule has 1 fully saturated rings. The van der Waals surface area contributed by atoms with Crippen LogP contribution in [0, 0.1) is 13.8 Å². The van der Waals surface area contributed by atoms with Crippen molar-refractivity contribution >= 4 is 6.09 Å². The zero-order valence-corrected chi connectivity index (χ0v) is 15.7. The molecule has 0 spiro atoms. The smallest absolute Gasteiger partial charge is 0.410 e. The lowest BCUT2D eigenvalue weighted by Gasteiger charge is -2.28. The molecule has 2 aromatic rings. The van der Waals surface area contributed by atoms with E-state index in [2.05, 4.69) is 13.8 Å². The van der Waals surface area contributed by atoms with Crippen molar-refractivity contribution in [3.63, 3.8) is 0 Å². The first-order chi connectivity index (χ1) is 11.8. The van der Waals surface area contributed by atoms with Gasteiger partial charge in [0.2, 0.25) is 0 Å². The van der Waals surface area contributed by atoms with E-state index in [1.165, 1.54) is 0 Å². The number of carbonyl (C=O) groups excluding carboxylic acids is 1. The number of hydrogen-bond acceptors (Lipinski definition) is 3. The lowest BCUT2D eigenvalue weighted by molar-refractivity contribution is 0.0221. The molecule has 134 valence electrons. The zero-order chi connectivity index (χ0) is 18.2. The first kappa shape index (κ1) is 17.5. The molecule has 2 heterocycles. The molecule has 0 radical (unpaired) electrons. The molecule has 0 N–H and O–H groups in total. The summed E-state index contributed by atoms with van der Waals surface area (Å²) in [4.78, 5) is 14.4. The van der Waals surface area contributed by atoms with E-state index in [0.717, 1.165) is 42.0 Å². The summed E-state index contributed by atoms with van der Waals surface area (Å²) in [5, 5.41) is 4.86. The Bertz CT molecular complexity index is 759. The Labute approximate surface area is 149 Å². The van der Waals surface area contributed by atoms with Crippen molar-refractivity contribution in [2.24, 2.45) is 0 Å². The summed E-state index contributed by atoms with van der Waals surface area (Å²) in [5.41, 5.74) is 3.78. The molecule has 1 unspecified atom stereocenters. The minimum Gasteiger partial charge on any atom is -0.444 e. The van der Waals surface area contributed by atoms with Crippen LogP contribution in [0.1, 0.15) is 56.6 Å². The number of aromatic nitrogens is 2. The summed E-state index contributed by atoms with van der Waals surface area (Å²) in [6.45, 7) is 10.6. The van der Waals surface area contributed by atoms with Gasteiger partial charge in [-0.15, -0.1) is 0 Å². The summed E-state index contributed by atoms with van der Waals surface area (Å²) in [5.74, 6) is 0. The molecular weight excluding hydrogens is 314 g/mol. The van der Waals surface area contributed by atoms with Crippen molar-refractivity contribution in [1.82, 2.24) is 14.7 Å². The minimum atomic E-state index is -0.488. The molecule has 5 heteroatoms. The maximum absolute atomic E-state index is 12.6. The number of ether oxygens (including phenoxy) is 1. The summed E-state index contributed by atoms with van der Waals surface area (Å²) in [7, 11) is 0. The minimum absolute atomic E-state index is 0.0153. The first-order valence-electron chi connectivity index (χ1n) is 8.89. The van der Waals surface area contributed by atoms with E-state index in [-0.39, 0.29) is 12.1 Å². The summed E-state index contributed by atoms with van der Waals surface area (Å²) >= 11 is 0. The SMILES string of the molecule is Cc1c(C2CCCN2C(=O)OC(C)(C)C)nn(-c2ccccc2)c1C. The van der Waals surface area contributed by atoms with Crippen LogP contribution in [0.2, 0.25) is 0 Å². The highest BCUT2D eigenvalue weighted by molar-refractivity contribution is 5.69. The van der Waals surface area contributed by atoms with Crippen LogP contribution in [0.3, 0.4) is 0 Å². The fourth-order valence-electron chi connectivity index (χ4n) is 3.33. The second-order valence-corrected chi connectivity index (χ2v) is 7.67. The molecule has 1 saturated heterocycles. The van der Waals surface area contributed by atoms with Crippen molar-refractivity contribution < 1.29 is 9.53 Å². The highest BCUT2D eigenvalue weighted by atomic mass is 16.6. The molecule has 1 aliphatic rings. The number of likely N-dealkylation sites (tertiary alicyclic amines) is 1. The Hall–Kier alpha value is -2.30. The van der Waals surface area contributed by atoms with Gasteiger partial charge in [0, 0.05) is 12.2 Å². The lowest BCUT2D eigenvalue weighted by atomic mass is 10.1. The van der Waals surface area contributed by atoms with Crippen LogP contribution in [0.15, 0.2) is 30.3 Å². The quantitative estimate of drug-likeness (QED) is 0.804. The predicted octanol–water partition coefficient (Wildman–Crippen LogP) is 4.56. The lowest BCUT2D eigenvalue weighted by Crippen LogP contribution is -2.36. The molecule has 1 aromatic heterocycles. The number of carbonyl (C=O) groups is 1.